The third-order valence-electron chi connectivity index (χ3n) is 5.11. The Morgan fingerprint density at radius 1 is 1.16 bits per heavy atom. The molecule has 3 aromatic rings. The van der Waals surface area contributed by atoms with E-state index < -0.39 is 0 Å². The molecule has 0 bridgehead atoms. The van der Waals surface area contributed by atoms with E-state index in [2.05, 4.69) is 59.5 Å². The van der Waals surface area contributed by atoms with Crippen molar-refractivity contribution >= 4 is 46.0 Å². The summed E-state index contributed by atoms with van der Waals surface area (Å²) in [7, 11) is 2.01. The molecule has 1 aromatic heterocycles. The number of fused-ring (bicyclic) bond motifs is 1. The Kier molecular flexibility index (Phi) is 3.54. The number of halogens is 1. The summed E-state index contributed by atoms with van der Waals surface area (Å²) in [5.74, 6) is 0. The first-order valence-corrected chi connectivity index (χ1v) is 9.78. The third-order valence-corrected chi connectivity index (χ3v) is 6.57. The first-order valence-electron chi connectivity index (χ1n) is 8.58. The zero-order chi connectivity index (χ0) is 17.0. The average molecular weight is 366 g/mol. The van der Waals surface area contributed by atoms with E-state index in [1.807, 2.05) is 23.4 Å². The van der Waals surface area contributed by atoms with Crippen molar-refractivity contribution in [3.63, 3.8) is 0 Å². The molecule has 2 nitrogen and oxygen atoms in total. The van der Waals surface area contributed by atoms with Gasteiger partial charge in [-0.05, 0) is 53.8 Å². The van der Waals surface area contributed by atoms with Crippen molar-refractivity contribution in [2.75, 3.05) is 11.4 Å². The Hall–Kier alpha value is -1.97. The van der Waals surface area contributed by atoms with Crippen LogP contribution in [0.5, 0.6) is 0 Å². The fourth-order valence-electron chi connectivity index (χ4n) is 3.87. The zero-order valence-corrected chi connectivity index (χ0v) is 15.6. The van der Waals surface area contributed by atoms with E-state index in [0.29, 0.717) is 0 Å². The molecule has 0 fully saturated rings. The summed E-state index contributed by atoms with van der Waals surface area (Å²) in [5, 5.41) is 3.29. The standard InChI is InChI=1S/C21H18ClN2S/c1-23-17-9-3-2-8-16(17)15(12-19(23)22)13-20-24-11-5-7-14-6-4-10-18(25-20)21(14)24/h2-4,6,8-10,12-13H,5,7,11H2,1H3/q+1. The van der Waals surface area contributed by atoms with Gasteiger partial charge in [0.25, 0.3) is 5.15 Å². The first-order chi connectivity index (χ1) is 12.2. The molecule has 2 aliphatic rings. The van der Waals surface area contributed by atoms with Crippen molar-refractivity contribution in [3.05, 3.63) is 69.8 Å². The summed E-state index contributed by atoms with van der Waals surface area (Å²) in [6, 6.07) is 17.2. The van der Waals surface area contributed by atoms with Crippen LogP contribution in [0.4, 0.5) is 5.69 Å². The Bertz CT molecular complexity index is 1040. The van der Waals surface area contributed by atoms with E-state index in [4.69, 9.17) is 11.6 Å². The maximum absolute atomic E-state index is 6.49. The van der Waals surface area contributed by atoms with E-state index in [0.717, 1.165) is 17.2 Å². The minimum Gasteiger partial charge on any atom is -0.335 e. The van der Waals surface area contributed by atoms with Crippen molar-refractivity contribution in [2.24, 2.45) is 7.05 Å². The minimum absolute atomic E-state index is 0.755. The summed E-state index contributed by atoms with van der Waals surface area (Å²) in [6.07, 6.45) is 4.69. The molecule has 0 unspecified atom stereocenters. The Morgan fingerprint density at radius 3 is 2.96 bits per heavy atom. The number of para-hydroxylation sites is 2. The molecule has 25 heavy (non-hydrogen) atoms. The van der Waals surface area contributed by atoms with E-state index >= 15 is 0 Å². The molecule has 0 spiro atoms. The maximum atomic E-state index is 6.49. The number of anilines is 1. The highest BCUT2D eigenvalue weighted by atomic mass is 35.5. The van der Waals surface area contributed by atoms with Crippen LogP contribution in [0.15, 0.2) is 58.5 Å². The van der Waals surface area contributed by atoms with Gasteiger partial charge in [-0.2, -0.15) is 4.57 Å². The predicted octanol–water partition coefficient (Wildman–Crippen LogP) is 5.17. The molecule has 0 radical (unpaired) electrons. The second-order valence-electron chi connectivity index (χ2n) is 6.60. The van der Waals surface area contributed by atoms with Gasteiger partial charge in [-0.25, -0.2) is 0 Å². The Balaban J connectivity index is 1.69. The van der Waals surface area contributed by atoms with Gasteiger partial charge in [-0.15, -0.1) is 0 Å². The number of aromatic nitrogens is 1. The van der Waals surface area contributed by atoms with Crippen molar-refractivity contribution in [1.82, 2.24) is 0 Å². The Morgan fingerprint density at radius 2 is 2.04 bits per heavy atom. The maximum Gasteiger partial charge on any atom is 0.275 e. The number of hydrogen-bond donors (Lipinski definition) is 0. The number of hydrogen-bond acceptors (Lipinski definition) is 2. The summed E-state index contributed by atoms with van der Waals surface area (Å²) in [6.45, 7) is 1.09. The van der Waals surface area contributed by atoms with Crippen LogP contribution in [0.1, 0.15) is 17.5 Å². The van der Waals surface area contributed by atoms with Gasteiger partial charge in [0, 0.05) is 23.6 Å². The normalized spacial score (nSPS) is 17.4. The monoisotopic (exact) mass is 365 g/mol. The van der Waals surface area contributed by atoms with Gasteiger partial charge in [-0.3, -0.25) is 0 Å². The molecular formula is C21H18ClN2S+. The molecule has 0 saturated heterocycles. The summed E-state index contributed by atoms with van der Waals surface area (Å²) < 4.78 is 2.04. The summed E-state index contributed by atoms with van der Waals surface area (Å²) in [5.41, 5.74) is 5.23. The summed E-state index contributed by atoms with van der Waals surface area (Å²) in [4.78, 5) is 3.86. The topological polar surface area (TPSA) is 7.12 Å². The van der Waals surface area contributed by atoms with Crippen molar-refractivity contribution in [2.45, 2.75) is 17.7 Å². The third kappa shape index (κ3) is 2.37. The largest absolute Gasteiger partial charge is 0.335 e. The highest BCUT2D eigenvalue weighted by Crippen LogP contribution is 2.50. The molecule has 0 N–H and O–H groups in total. The van der Waals surface area contributed by atoms with E-state index in [1.165, 1.54) is 45.0 Å². The van der Waals surface area contributed by atoms with Gasteiger partial charge in [0.15, 0.2) is 0 Å². The molecule has 3 heterocycles. The van der Waals surface area contributed by atoms with Gasteiger partial charge in [0.2, 0.25) is 5.52 Å². The van der Waals surface area contributed by atoms with Crippen LogP contribution in [0.2, 0.25) is 5.15 Å². The molecule has 0 amide bonds. The molecular weight excluding hydrogens is 348 g/mol. The minimum atomic E-state index is 0.755. The van der Waals surface area contributed by atoms with Crippen molar-refractivity contribution in [3.8, 4) is 0 Å². The van der Waals surface area contributed by atoms with Crippen LogP contribution < -0.4 is 9.47 Å². The predicted molar refractivity (Wildman–Crippen MR) is 106 cm³/mol. The highest BCUT2D eigenvalue weighted by Gasteiger charge is 2.30. The van der Waals surface area contributed by atoms with Crippen LogP contribution in [-0.4, -0.2) is 6.54 Å². The van der Waals surface area contributed by atoms with Gasteiger partial charge < -0.3 is 4.90 Å². The molecule has 2 aliphatic heterocycles. The zero-order valence-electron chi connectivity index (χ0n) is 14.0. The van der Waals surface area contributed by atoms with Gasteiger partial charge >= 0.3 is 0 Å². The van der Waals surface area contributed by atoms with Crippen LogP contribution in [0.3, 0.4) is 0 Å². The van der Waals surface area contributed by atoms with Gasteiger partial charge in [0.05, 0.1) is 16.1 Å². The fourth-order valence-corrected chi connectivity index (χ4v) is 5.27. The van der Waals surface area contributed by atoms with Crippen LogP contribution in [0.25, 0.3) is 17.0 Å². The van der Waals surface area contributed by atoms with Crippen LogP contribution in [-0.2, 0) is 13.5 Å². The van der Waals surface area contributed by atoms with Crippen LogP contribution >= 0.6 is 23.4 Å². The molecule has 0 aliphatic carbocycles. The molecule has 5 rings (SSSR count). The molecule has 4 heteroatoms. The van der Waals surface area contributed by atoms with Gasteiger partial charge in [0.1, 0.15) is 7.05 Å². The smallest absolute Gasteiger partial charge is 0.275 e. The van der Waals surface area contributed by atoms with E-state index in [-0.39, 0.29) is 0 Å². The lowest BCUT2D eigenvalue weighted by Crippen LogP contribution is -2.30. The quantitative estimate of drug-likeness (QED) is 0.433. The number of thioether (sulfide) groups is 1. The van der Waals surface area contributed by atoms with Gasteiger partial charge in [-0.1, -0.05) is 36.0 Å². The SMILES string of the molecule is C[n+]1c(Cl)cc(/C=C2/Sc3cccc4c3N2CCC4)c2ccccc21. The van der Waals surface area contributed by atoms with Crippen molar-refractivity contribution < 1.29 is 4.57 Å². The number of rotatable bonds is 1. The lowest BCUT2D eigenvalue weighted by Gasteiger charge is -2.27. The Labute approximate surface area is 156 Å². The van der Waals surface area contributed by atoms with Crippen molar-refractivity contribution in [1.29, 1.82) is 0 Å². The first kappa shape index (κ1) is 15.3. The molecule has 0 saturated carbocycles. The number of nitrogens with zero attached hydrogens (tertiary/aromatic N) is 2. The number of pyridine rings is 1. The lowest BCUT2D eigenvalue weighted by atomic mass is 10.0. The lowest BCUT2D eigenvalue weighted by molar-refractivity contribution is -0.642. The average Bonchev–Trinajstić information content (AvgIpc) is 2.99. The highest BCUT2D eigenvalue weighted by molar-refractivity contribution is 8.03. The van der Waals surface area contributed by atoms with Crippen LogP contribution in [0, 0.1) is 0 Å². The second-order valence-corrected chi connectivity index (χ2v) is 8.05. The molecule has 124 valence electrons. The summed E-state index contributed by atoms with van der Waals surface area (Å²) >= 11 is 8.36. The van der Waals surface area contributed by atoms with E-state index in [9.17, 15) is 0 Å². The fraction of sp³-hybridized carbons (Fsp3) is 0.190. The van der Waals surface area contributed by atoms with E-state index in [1.54, 1.807) is 0 Å². The number of aryl methyl sites for hydroxylation is 2. The second kappa shape index (κ2) is 5.79. The molecule has 2 aromatic carbocycles. The number of benzene rings is 2. The molecule has 0 atom stereocenters.